The molecule has 5 heteroatoms. The SMILES string of the molecule is Fc1cc(F)cc(Oc2cocn2)c1. The Bertz CT molecular complexity index is 408. The lowest BCUT2D eigenvalue weighted by Crippen LogP contribution is -1.87. The lowest BCUT2D eigenvalue weighted by Gasteiger charge is -2.00. The van der Waals surface area contributed by atoms with Gasteiger partial charge in [0.25, 0.3) is 5.88 Å². The van der Waals surface area contributed by atoms with Crippen molar-refractivity contribution in [3.05, 3.63) is 42.5 Å². The van der Waals surface area contributed by atoms with Crippen molar-refractivity contribution in [1.29, 1.82) is 0 Å². The van der Waals surface area contributed by atoms with Gasteiger partial charge in [-0.25, -0.2) is 8.78 Å². The zero-order valence-electron chi connectivity index (χ0n) is 6.91. The van der Waals surface area contributed by atoms with Gasteiger partial charge in [-0.05, 0) is 0 Å². The maximum atomic E-state index is 12.7. The van der Waals surface area contributed by atoms with Crippen LogP contribution in [0.1, 0.15) is 0 Å². The van der Waals surface area contributed by atoms with Gasteiger partial charge >= 0.3 is 0 Å². The summed E-state index contributed by atoms with van der Waals surface area (Å²) in [5.41, 5.74) is 0. The third-order valence-corrected chi connectivity index (χ3v) is 1.47. The maximum absolute atomic E-state index is 12.7. The van der Waals surface area contributed by atoms with Gasteiger partial charge in [0.05, 0.1) is 0 Å². The van der Waals surface area contributed by atoms with E-state index in [1.807, 2.05) is 0 Å². The van der Waals surface area contributed by atoms with Crippen molar-refractivity contribution in [3.8, 4) is 11.6 Å². The Morgan fingerprint density at radius 1 is 1.14 bits per heavy atom. The van der Waals surface area contributed by atoms with E-state index >= 15 is 0 Å². The fraction of sp³-hybridized carbons (Fsp3) is 0. The molecule has 2 rings (SSSR count). The molecule has 14 heavy (non-hydrogen) atoms. The van der Waals surface area contributed by atoms with Gasteiger partial charge in [-0.15, -0.1) is 0 Å². The van der Waals surface area contributed by atoms with Gasteiger partial charge < -0.3 is 9.15 Å². The van der Waals surface area contributed by atoms with Crippen LogP contribution in [0.2, 0.25) is 0 Å². The zero-order chi connectivity index (χ0) is 9.97. The second kappa shape index (κ2) is 3.45. The summed E-state index contributed by atoms with van der Waals surface area (Å²) < 4.78 is 35.0. The third-order valence-electron chi connectivity index (χ3n) is 1.47. The average Bonchev–Trinajstić information content (AvgIpc) is 2.54. The van der Waals surface area contributed by atoms with Crippen LogP contribution < -0.4 is 4.74 Å². The highest BCUT2D eigenvalue weighted by molar-refractivity contribution is 5.26. The van der Waals surface area contributed by atoms with E-state index < -0.39 is 11.6 Å². The van der Waals surface area contributed by atoms with E-state index in [2.05, 4.69) is 9.40 Å². The molecule has 1 aromatic carbocycles. The molecule has 0 N–H and O–H groups in total. The van der Waals surface area contributed by atoms with Crippen LogP contribution in [0, 0.1) is 11.6 Å². The first-order chi connectivity index (χ1) is 6.74. The van der Waals surface area contributed by atoms with Crippen LogP contribution in [0.25, 0.3) is 0 Å². The smallest absolute Gasteiger partial charge is 0.258 e. The second-order valence-electron chi connectivity index (χ2n) is 2.53. The Morgan fingerprint density at radius 2 is 1.86 bits per heavy atom. The van der Waals surface area contributed by atoms with Crippen LogP contribution >= 0.6 is 0 Å². The highest BCUT2D eigenvalue weighted by Crippen LogP contribution is 2.21. The molecule has 0 unspecified atom stereocenters. The molecule has 3 nitrogen and oxygen atoms in total. The molecule has 0 fully saturated rings. The van der Waals surface area contributed by atoms with Crippen LogP contribution in [-0.4, -0.2) is 4.98 Å². The van der Waals surface area contributed by atoms with E-state index in [1.54, 1.807) is 0 Å². The predicted molar refractivity (Wildman–Crippen MR) is 42.9 cm³/mol. The Kier molecular flexibility index (Phi) is 2.14. The molecule has 0 radical (unpaired) electrons. The van der Waals surface area contributed by atoms with E-state index in [-0.39, 0.29) is 11.6 Å². The number of aromatic nitrogens is 1. The molecule has 0 spiro atoms. The summed E-state index contributed by atoms with van der Waals surface area (Å²) in [4.78, 5) is 3.64. The molecule has 1 aromatic heterocycles. The van der Waals surface area contributed by atoms with Crippen LogP contribution in [0.3, 0.4) is 0 Å². The molecule has 2 aromatic rings. The van der Waals surface area contributed by atoms with Crippen LogP contribution in [-0.2, 0) is 0 Å². The molecule has 0 atom stereocenters. The Balaban J connectivity index is 2.25. The monoisotopic (exact) mass is 197 g/mol. The Morgan fingerprint density at radius 3 is 2.43 bits per heavy atom. The summed E-state index contributed by atoms with van der Waals surface area (Å²) in [6.07, 6.45) is 2.38. The number of hydrogen-bond donors (Lipinski definition) is 0. The second-order valence-corrected chi connectivity index (χ2v) is 2.53. The lowest BCUT2D eigenvalue weighted by molar-refractivity contribution is 0.447. The first-order valence-electron chi connectivity index (χ1n) is 3.76. The summed E-state index contributed by atoms with van der Waals surface area (Å²) in [5, 5.41) is 0. The van der Waals surface area contributed by atoms with E-state index in [4.69, 9.17) is 4.74 Å². The minimum Gasteiger partial charge on any atom is -0.448 e. The highest BCUT2D eigenvalue weighted by Gasteiger charge is 2.04. The summed E-state index contributed by atoms with van der Waals surface area (Å²) in [6, 6.07) is 2.87. The molecule has 0 saturated carbocycles. The largest absolute Gasteiger partial charge is 0.448 e. The van der Waals surface area contributed by atoms with Crippen LogP contribution in [0.4, 0.5) is 8.78 Å². The molecular weight excluding hydrogens is 192 g/mol. The van der Waals surface area contributed by atoms with E-state index in [0.717, 1.165) is 24.6 Å². The van der Waals surface area contributed by atoms with Crippen molar-refractivity contribution < 1.29 is 17.9 Å². The van der Waals surface area contributed by atoms with Crippen molar-refractivity contribution in [2.75, 3.05) is 0 Å². The third kappa shape index (κ3) is 1.87. The van der Waals surface area contributed by atoms with Gasteiger partial charge in [0.1, 0.15) is 17.4 Å². The topological polar surface area (TPSA) is 35.3 Å². The lowest BCUT2D eigenvalue weighted by atomic mass is 10.3. The number of ether oxygens (including phenoxy) is 1. The van der Waals surface area contributed by atoms with Gasteiger partial charge in [0.2, 0.25) is 0 Å². The van der Waals surface area contributed by atoms with E-state index in [1.165, 1.54) is 6.26 Å². The van der Waals surface area contributed by atoms with Crippen molar-refractivity contribution in [2.24, 2.45) is 0 Å². The molecule has 0 aliphatic carbocycles. The first kappa shape index (κ1) is 8.68. The molecular formula is C9H5F2NO2. The minimum atomic E-state index is -0.705. The number of hydrogen-bond acceptors (Lipinski definition) is 3. The number of rotatable bonds is 2. The Labute approximate surface area is 77.9 Å². The number of benzene rings is 1. The predicted octanol–water partition coefficient (Wildman–Crippen LogP) is 2.75. The van der Waals surface area contributed by atoms with Gasteiger partial charge in [-0.1, -0.05) is 0 Å². The number of halogens is 2. The van der Waals surface area contributed by atoms with Gasteiger partial charge in [-0.3, -0.25) is 0 Å². The number of oxazole rings is 1. The minimum absolute atomic E-state index is 0.0383. The average molecular weight is 197 g/mol. The number of nitrogens with zero attached hydrogens (tertiary/aromatic N) is 1. The quantitative estimate of drug-likeness (QED) is 0.742. The molecule has 0 aliphatic heterocycles. The van der Waals surface area contributed by atoms with Gasteiger partial charge in [0, 0.05) is 18.2 Å². The summed E-state index contributed by atoms with van der Waals surface area (Å²) in [6.45, 7) is 0. The first-order valence-corrected chi connectivity index (χ1v) is 3.76. The van der Waals surface area contributed by atoms with Crippen molar-refractivity contribution in [3.63, 3.8) is 0 Å². The van der Waals surface area contributed by atoms with Gasteiger partial charge in [0.15, 0.2) is 12.7 Å². The maximum Gasteiger partial charge on any atom is 0.258 e. The standard InChI is InChI=1S/C9H5F2NO2/c10-6-1-7(11)3-8(2-6)14-9-4-13-5-12-9/h1-5H. The highest BCUT2D eigenvalue weighted by atomic mass is 19.1. The molecule has 0 bridgehead atoms. The van der Waals surface area contributed by atoms with E-state index in [9.17, 15) is 8.78 Å². The molecule has 1 heterocycles. The van der Waals surface area contributed by atoms with E-state index in [0.29, 0.717) is 0 Å². The molecule has 0 aliphatic rings. The Hall–Kier alpha value is -1.91. The summed E-state index contributed by atoms with van der Waals surface area (Å²) >= 11 is 0. The summed E-state index contributed by atoms with van der Waals surface area (Å²) in [5.74, 6) is -1.22. The van der Waals surface area contributed by atoms with Crippen LogP contribution in [0.15, 0.2) is 35.3 Å². The molecule has 0 amide bonds. The van der Waals surface area contributed by atoms with Crippen molar-refractivity contribution in [1.82, 2.24) is 4.98 Å². The fourth-order valence-electron chi connectivity index (χ4n) is 0.960. The zero-order valence-corrected chi connectivity index (χ0v) is 6.91. The summed E-state index contributed by atoms with van der Waals surface area (Å²) in [7, 11) is 0. The normalized spacial score (nSPS) is 10.1. The fourth-order valence-corrected chi connectivity index (χ4v) is 0.960. The van der Waals surface area contributed by atoms with Crippen LogP contribution in [0.5, 0.6) is 11.6 Å². The van der Waals surface area contributed by atoms with Crippen molar-refractivity contribution in [2.45, 2.75) is 0 Å². The van der Waals surface area contributed by atoms with Crippen molar-refractivity contribution >= 4 is 0 Å². The van der Waals surface area contributed by atoms with Gasteiger partial charge in [-0.2, -0.15) is 4.98 Å². The molecule has 72 valence electrons. The molecule has 0 saturated heterocycles.